The van der Waals surface area contributed by atoms with Gasteiger partial charge in [-0.05, 0) is 36.0 Å². The van der Waals surface area contributed by atoms with Gasteiger partial charge in [-0.25, -0.2) is 0 Å². The van der Waals surface area contributed by atoms with Crippen LogP contribution >= 0.6 is 0 Å². The van der Waals surface area contributed by atoms with Crippen LogP contribution in [-0.2, 0) is 4.79 Å². The van der Waals surface area contributed by atoms with Gasteiger partial charge in [0.15, 0.2) is 0 Å². The Balaban J connectivity index is 1.84. The molecule has 0 spiro atoms. The van der Waals surface area contributed by atoms with Crippen molar-refractivity contribution in [2.45, 2.75) is 52.5 Å². The lowest BCUT2D eigenvalue weighted by molar-refractivity contribution is -0.129. The van der Waals surface area contributed by atoms with Crippen LogP contribution in [0.3, 0.4) is 0 Å². The standard InChI is InChI=1S/C13H24N2O/c1-11(2)9(12(11,3)4)8-15-10(16)13(14)6-5-7-13/h9H,5-8,14H2,1-4H3,(H,15,16). The van der Waals surface area contributed by atoms with Crippen molar-refractivity contribution in [1.29, 1.82) is 0 Å². The molecule has 3 nitrogen and oxygen atoms in total. The average molecular weight is 224 g/mol. The van der Waals surface area contributed by atoms with Crippen LogP contribution in [0.25, 0.3) is 0 Å². The van der Waals surface area contributed by atoms with Crippen LogP contribution in [0, 0.1) is 16.7 Å². The van der Waals surface area contributed by atoms with Gasteiger partial charge in [0, 0.05) is 6.54 Å². The van der Waals surface area contributed by atoms with Crippen molar-refractivity contribution >= 4 is 5.91 Å². The molecular weight excluding hydrogens is 200 g/mol. The second kappa shape index (κ2) is 3.22. The highest BCUT2D eigenvalue weighted by Crippen LogP contribution is 2.67. The van der Waals surface area contributed by atoms with E-state index < -0.39 is 5.54 Å². The average Bonchev–Trinajstić information content (AvgIpc) is 2.50. The number of hydrogen-bond donors (Lipinski definition) is 2. The maximum atomic E-state index is 11.9. The molecule has 0 saturated heterocycles. The van der Waals surface area contributed by atoms with E-state index in [1.54, 1.807) is 0 Å². The molecule has 0 bridgehead atoms. The van der Waals surface area contributed by atoms with Crippen LogP contribution in [0.15, 0.2) is 0 Å². The smallest absolute Gasteiger partial charge is 0.240 e. The third-order valence-corrected chi connectivity index (χ3v) is 5.48. The van der Waals surface area contributed by atoms with Gasteiger partial charge in [-0.3, -0.25) is 4.79 Å². The number of carbonyl (C=O) groups is 1. The molecule has 0 unspecified atom stereocenters. The molecule has 0 aromatic heterocycles. The summed E-state index contributed by atoms with van der Waals surface area (Å²) in [7, 11) is 0. The van der Waals surface area contributed by atoms with E-state index in [4.69, 9.17) is 5.73 Å². The zero-order chi connectivity index (χ0) is 12.2. The Morgan fingerprint density at radius 3 is 2.06 bits per heavy atom. The molecule has 0 atom stereocenters. The van der Waals surface area contributed by atoms with Crippen molar-refractivity contribution in [3.05, 3.63) is 0 Å². The number of hydrogen-bond acceptors (Lipinski definition) is 2. The minimum absolute atomic E-state index is 0.0530. The highest BCUT2D eigenvalue weighted by atomic mass is 16.2. The Morgan fingerprint density at radius 1 is 1.25 bits per heavy atom. The maximum Gasteiger partial charge on any atom is 0.240 e. The lowest BCUT2D eigenvalue weighted by atomic mass is 9.77. The van der Waals surface area contributed by atoms with Crippen LogP contribution < -0.4 is 11.1 Å². The van der Waals surface area contributed by atoms with E-state index in [1.165, 1.54) is 0 Å². The fourth-order valence-electron chi connectivity index (χ4n) is 3.00. The van der Waals surface area contributed by atoms with Gasteiger partial charge in [0.25, 0.3) is 0 Å². The first-order valence-electron chi connectivity index (χ1n) is 6.29. The predicted molar refractivity (Wildman–Crippen MR) is 64.8 cm³/mol. The summed E-state index contributed by atoms with van der Waals surface area (Å²) in [5.74, 6) is 0.630. The lowest BCUT2D eigenvalue weighted by Crippen LogP contribution is -2.58. The Morgan fingerprint density at radius 2 is 1.75 bits per heavy atom. The Hall–Kier alpha value is -0.570. The van der Waals surface area contributed by atoms with E-state index in [-0.39, 0.29) is 5.91 Å². The van der Waals surface area contributed by atoms with Crippen LogP contribution in [0.1, 0.15) is 47.0 Å². The lowest BCUT2D eigenvalue weighted by Gasteiger charge is -2.36. The first-order chi connectivity index (χ1) is 7.22. The Kier molecular flexibility index (Phi) is 2.40. The van der Waals surface area contributed by atoms with E-state index >= 15 is 0 Å². The van der Waals surface area contributed by atoms with Crippen LogP contribution in [0.5, 0.6) is 0 Å². The summed E-state index contributed by atoms with van der Waals surface area (Å²) in [5.41, 5.74) is 6.09. The van der Waals surface area contributed by atoms with Crippen LogP contribution in [0.2, 0.25) is 0 Å². The zero-order valence-corrected chi connectivity index (χ0v) is 10.9. The SMILES string of the molecule is CC1(C)C(CNC(=O)C2(N)CCC2)C1(C)C. The quantitative estimate of drug-likeness (QED) is 0.766. The number of rotatable bonds is 3. The van der Waals surface area contributed by atoms with Gasteiger partial charge in [-0.1, -0.05) is 27.7 Å². The normalized spacial score (nSPS) is 29.3. The van der Waals surface area contributed by atoms with Crippen LogP contribution in [-0.4, -0.2) is 18.0 Å². The zero-order valence-electron chi connectivity index (χ0n) is 10.9. The van der Waals surface area contributed by atoms with Gasteiger partial charge in [-0.2, -0.15) is 0 Å². The van der Waals surface area contributed by atoms with Gasteiger partial charge < -0.3 is 11.1 Å². The molecule has 2 fully saturated rings. The summed E-state index contributed by atoms with van der Waals surface area (Å²) in [5, 5.41) is 3.03. The summed E-state index contributed by atoms with van der Waals surface area (Å²) in [4.78, 5) is 11.9. The molecule has 2 rings (SSSR count). The van der Waals surface area contributed by atoms with E-state index in [0.29, 0.717) is 16.7 Å². The van der Waals surface area contributed by atoms with Gasteiger partial charge >= 0.3 is 0 Å². The third-order valence-electron chi connectivity index (χ3n) is 5.48. The molecule has 0 aromatic rings. The fourth-order valence-corrected chi connectivity index (χ4v) is 3.00. The molecule has 3 heteroatoms. The Labute approximate surface area is 98.2 Å². The topological polar surface area (TPSA) is 55.1 Å². The first-order valence-corrected chi connectivity index (χ1v) is 6.29. The molecule has 2 saturated carbocycles. The highest BCUT2D eigenvalue weighted by molar-refractivity contribution is 5.87. The summed E-state index contributed by atoms with van der Waals surface area (Å²) >= 11 is 0. The van der Waals surface area contributed by atoms with E-state index in [1.807, 2.05) is 0 Å². The van der Waals surface area contributed by atoms with Gasteiger partial charge in [0.05, 0.1) is 5.54 Å². The molecule has 0 aliphatic heterocycles. The first kappa shape index (κ1) is 11.9. The van der Waals surface area contributed by atoms with Crippen molar-refractivity contribution in [3.8, 4) is 0 Å². The third kappa shape index (κ3) is 1.48. The molecule has 0 heterocycles. The predicted octanol–water partition coefficient (Wildman–Crippen LogP) is 1.67. The van der Waals surface area contributed by atoms with Crippen LogP contribution in [0.4, 0.5) is 0 Å². The summed E-state index contributed by atoms with van der Waals surface area (Å²) in [6, 6.07) is 0. The van der Waals surface area contributed by atoms with Crippen molar-refractivity contribution in [2.75, 3.05) is 6.54 Å². The highest BCUT2D eigenvalue weighted by Gasteiger charge is 2.64. The molecule has 3 N–H and O–H groups in total. The van der Waals surface area contributed by atoms with E-state index in [2.05, 4.69) is 33.0 Å². The number of amides is 1. The molecule has 0 aromatic carbocycles. The number of carbonyl (C=O) groups excluding carboxylic acids is 1. The minimum Gasteiger partial charge on any atom is -0.354 e. The molecule has 16 heavy (non-hydrogen) atoms. The maximum absolute atomic E-state index is 11.9. The minimum atomic E-state index is -0.552. The summed E-state index contributed by atoms with van der Waals surface area (Å²) < 4.78 is 0. The Bertz CT molecular complexity index is 302. The summed E-state index contributed by atoms with van der Waals surface area (Å²) in [6.45, 7) is 9.85. The van der Waals surface area contributed by atoms with Crippen molar-refractivity contribution in [1.82, 2.24) is 5.32 Å². The van der Waals surface area contributed by atoms with Gasteiger partial charge in [0.2, 0.25) is 5.91 Å². The monoisotopic (exact) mass is 224 g/mol. The molecule has 2 aliphatic carbocycles. The largest absolute Gasteiger partial charge is 0.354 e. The molecule has 0 radical (unpaired) electrons. The second-order valence-electron chi connectivity index (χ2n) is 6.72. The van der Waals surface area contributed by atoms with Gasteiger partial charge in [0.1, 0.15) is 0 Å². The molecule has 1 amide bonds. The van der Waals surface area contributed by atoms with E-state index in [0.717, 1.165) is 25.8 Å². The fraction of sp³-hybridized carbons (Fsp3) is 0.923. The van der Waals surface area contributed by atoms with E-state index in [9.17, 15) is 4.79 Å². The molecule has 92 valence electrons. The molecule has 2 aliphatic rings. The molecular formula is C13H24N2O. The van der Waals surface area contributed by atoms with Gasteiger partial charge in [-0.15, -0.1) is 0 Å². The number of nitrogens with two attached hydrogens (primary N) is 1. The summed E-state index contributed by atoms with van der Waals surface area (Å²) in [6.07, 6.45) is 2.77. The van der Waals surface area contributed by atoms with Crippen molar-refractivity contribution in [3.63, 3.8) is 0 Å². The number of nitrogens with one attached hydrogen (secondary N) is 1. The second-order valence-corrected chi connectivity index (χ2v) is 6.72. The van der Waals surface area contributed by atoms with Crippen molar-refractivity contribution < 1.29 is 4.79 Å². The van der Waals surface area contributed by atoms with Crippen molar-refractivity contribution in [2.24, 2.45) is 22.5 Å².